The number of rotatable bonds is 3. The predicted octanol–water partition coefficient (Wildman–Crippen LogP) is 1.84. The fraction of sp³-hybridized carbons (Fsp3) is 0.909. The van der Waals surface area contributed by atoms with Crippen LogP contribution in [0.1, 0.15) is 38.5 Å². The highest BCUT2D eigenvalue weighted by molar-refractivity contribution is 5.92. The van der Waals surface area contributed by atoms with Gasteiger partial charge in [0, 0.05) is 5.92 Å². The molecule has 0 amide bonds. The molecule has 2 rings (SSSR count). The molecule has 2 aliphatic carbocycles. The third-order valence-corrected chi connectivity index (χ3v) is 3.69. The van der Waals surface area contributed by atoms with E-state index >= 15 is 0 Å². The van der Waals surface area contributed by atoms with E-state index in [1.54, 1.807) is 0 Å². The number of hydrogen-bond acceptors (Lipinski definition) is 2. The van der Waals surface area contributed by atoms with E-state index in [-0.39, 0.29) is 5.54 Å². The molecule has 0 aromatic rings. The summed E-state index contributed by atoms with van der Waals surface area (Å²) in [6, 6.07) is 0. The Morgan fingerprint density at radius 3 is 2.15 bits per heavy atom. The number of carbonyl (C=O) groups is 1. The number of nitrogens with zero attached hydrogens (tertiary/aromatic N) is 1. The second kappa shape index (κ2) is 3.09. The SMILES string of the molecule is CN(C)C1(C(=O)C2CC2)CCCC1. The molecule has 0 heterocycles. The summed E-state index contributed by atoms with van der Waals surface area (Å²) in [5.41, 5.74) is -0.0683. The van der Waals surface area contributed by atoms with Gasteiger partial charge in [-0.3, -0.25) is 9.69 Å². The third-order valence-electron chi connectivity index (χ3n) is 3.69. The van der Waals surface area contributed by atoms with Crippen molar-refractivity contribution in [3.8, 4) is 0 Å². The van der Waals surface area contributed by atoms with Crippen LogP contribution in [0.5, 0.6) is 0 Å². The highest BCUT2D eigenvalue weighted by Crippen LogP contribution is 2.42. The van der Waals surface area contributed by atoms with Crippen molar-refractivity contribution in [1.82, 2.24) is 4.90 Å². The average molecular weight is 181 g/mol. The molecule has 0 aromatic carbocycles. The van der Waals surface area contributed by atoms with Crippen LogP contribution in [0.25, 0.3) is 0 Å². The molecule has 2 aliphatic rings. The highest BCUT2D eigenvalue weighted by Gasteiger charge is 2.48. The van der Waals surface area contributed by atoms with E-state index in [0.717, 1.165) is 25.7 Å². The summed E-state index contributed by atoms with van der Waals surface area (Å²) < 4.78 is 0. The molecule has 0 bridgehead atoms. The Morgan fingerprint density at radius 1 is 1.23 bits per heavy atom. The summed E-state index contributed by atoms with van der Waals surface area (Å²) in [4.78, 5) is 14.3. The van der Waals surface area contributed by atoms with Crippen molar-refractivity contribution in [2.75, 3.05) is 14.1 Å². The molecule has 0 atom stereocenters. The minimum absolute atomic E-state index is 0.0683. The van der Waals surface area contributed by atoms with Gasteiger partial charge in [0.1, 0.15) is 0 Å². The lowest BCUT2D eigenvalue weighted by Gasteiger charge is -2.34. The van der Waals surface area contributed by atoms with Gasteiger partial charge in [-0.1, -0.05) is 12.8 Å². The molecule has 0 aliphatic heterocycles. The summed E-state index contributed by atoms with van der Waals surface area (Å²) >= 11 is 0. The van der Waals surface area contributed by atoms with Gasteiger partial charge in [0.2, 0.25) is 0 Å². The lowest BCUT2D eigenvalue weighted by atomic mass is 9.88. The molecule has 0 radical (unpaired) electrons. The Morgan fingerprint density at radius 2 is 1.77 bits per heavy atom. The molecular formula is C11H19NO. The Bertz CT molecular complexity index is 212. The largest absolute Gasteiger partial charge is 0.297 e. The number of hydrogen-bond donors (Lipinski definition) is 0. The van der Waals surface area contributed by atoms with Crippen LogP contribution in [0.4, 0.5) is 0 Å². The van der Waals surface area contributed by atoms with E-state index < -0.39 is 0 Å². The lowest BCUT2D eigenvalue weighted by Crippen LogP contribution is -2.49. The van der Waals surface area contributed by atoms with Gasteiger partial charge < -0.3 is 0 Å². The highest BCUT2D eigenvalue weighted by atomic mass is 16.1. The maximum atomic E-state index is 12.1. The van der Waals surface area contributed by atoms with Crippen LogP contribution in [-0.2, 0) is 4.79 Å². The fourth-order valence-electron chi connectivity index (χ4n) is 2.60. The number of Topliss-reactive ketones (excluding diaryl/α,β-unsaturated/α-hetero) is 1. The molecular weight excluding hydrogens is 162 g/mol. The molecule has 2 heteroatoms. The monoisotopic (exact) mass is 181 g/mol. The first-order valence-corrected chi connectivity index (χ1v) is 5.38. The van der Waals surface area contributed by atoms with Gasteiger partial charge in [0.25, 0.3) is 0 Å². The molecule has 0 saturated heterocycles. The predicted molar refractivity (Wildman–Crippen MR) is 52.6 cm³/mol. The summed E-state index contributed by atoms with van der Waals surface area (Å²) in [5.74, 6) is 0.954. The van der Waals surface area contributed by atoms with Gasteiger partial charge in [-0.2, -0.15) is 0 Å². The summed E-state index contributed by atoms with van der Waals surface area (Å²) in [6.07, 6.45) is 6.95. The quantitative estimate of drug-likeness (QED) is 0.662. The molecule has 74 valence electrons. The second-order valence-electron chi connectivity index (χ2n) is 4.77. The van der Waals surface area contributed by atoms with Crippen LogP contribution in [0.2, 0.25) is 0 Å². The van der Waals surface area contributed by atoms with Gasteiger partial charge in [-0.15, -0.1) is 0 Å². The lowest BCUT2D eigenvalue weighted by molar-refractivity contribution is -0.130. The van der Waals surface area contributed by atoms with Crippen molar-refractivity contribution in [2.24, 2.45) is 5.92 Å². The molecule has 13 heavy (non-hydrogen) atoms. The topological polar surface area (TPSA) is 20.3 Å². The summed E-state index contributed by atoms with van der Waals surface area (Å²) in [5, 5.41) is 0. The number of likely N-dealkylation sites (N-methyl/N-ethyl adjacent to an activating group) is 1. The Balaban J connectivity index is 2.16. The first-order chi connectivity index (χ1) is 6.17. The van der Waals surface area contributed by atoms with Gasteiger partial charge in [0.05, 0.1) is 5.54 Å². The van der Waals surface area contributed by atoms with E-state index in [4.69, 9.17) is 0 Å². The first kappa shape index (κ1) is 9.20. The molecule has 2 nitrogen and oxygen atoms in total. The van der Waals surface area contributed by atoms with Crippen LogP contribution in [0, 0.1) is 5.92 Å². The molecule has 2 fully saturated rings. The molecule has 2 saturated carbocycles. The maximum Gasteiger partial charge on any atom is 0.156 e. The van der Waals surface area contributed by atoms with E-state index in [0.29, 0.717) is 11.7 Å². The molecule has 0 aromatic heterocycles. The number of carbonyl (C=O) groups excluding carboxylic acids is 1. The van der Waals surface area contributed by atoms with E-state index in [1.165, 1.54) is 12.8 Å². The normalized spacial score (nSPS) is 26.7. The Labute approximate surface area is 80.3 Å². The van der Waals surface area contributed by atoms with Crippen LogP contribution >= 0.6 is 0 Å². The minimum atomic E-state index is -0.0683. The fourth-order valence-corrected chi connectivity index (χ4v) is 2.60. The Hall–Kier alpha value is -0.370. The van der Waals surface area contributed by atoms with Gasteiger partial charge >= 0.3 is 0 Å². The average Bonchev–Trinajstić information content (AvgIpc) is 2.81. The maximum absolute atomic E-state index is 12.1. The zero-order valence-corrected chi connectivity index (χ0v) is 8.68. The second-order valence-corrected chi connectivity index (χ2v) is 4.77. The van der Waals surface area contributed by atoms with Gasteiger partial charge in [-0.25, -0.2) is 0 Å². The zero-order chi connectivity index (χ0) is 9.47. The van der Waals surface area contributed by atoms with Crippen molar-refractivity contribution >= 4 is 5.78 Å². The van der Waals surface area contributed by atoms with Crippen molar-refractivity contribution in [1.29, 1.82) is 0 Å². The van der Waals surface area contributed by atoms with Gasteiger partial charge in [-0.05, 0) is 39.8 Å². The summed E-state index contributed by atoms with van der Waals surface area (Å²) in [7, 11) is 4.12. The van der Waals surface area contributed by atoms with Gasteiger partial charge in [0.15, 0.2) is 5.78 Å². The van der Waals surface area contributed by atoms with Crippen LogP contribution in [-0.4, -0.2) is 30.3 Å². The van der Waals surface area contributed by atoms with Crippen molar-refractivity contribution in [3.05, 3.63) is 0 Å². The molecule has 0 N–H and O–H groups in total. The van der Waals surface area contributed by atoms with E-state index in [1.807, 2.05) is 0 Å². The number of ketones is 1. The first-order valence-electron chi connectivity index (χ1n) is 5.38. The Kier molecular flexibility index (Phi) is 2.18. The standard InChI is InChI=1S/C11H19NO/c1-12(2)11(7-3-4-8-11)10(13)9-5-6-9/h9H,3-8H2,1-2H3. The van der Waals surface area contributed by atoms with E-state index in [9.17, 15) is 4.79 Å². The third kappa shape index (κ3) is 1.41. The van der Waals surface area contributed by atoms with Crippen LogP contribution < -0.4 is 0 Å². The van der Waals surface area contributed by atoms with Crippen LogP contribution in [0.15, 0.2) is 0 Å². The molecule has 0 unspecified atom stereocenters. The molecule has 0 spiro atoms. The minimum Gasteiger partial charge on any atom is -0.297 e. The van der Waals surface area contributed by atoms with Crippen LogP contribution in [0.3, 0.4) is 0 Å². The van der Waals surface area contributed by atoms with Crippen molar-refractivity contribution < 1.29 is 4.79 Å². The summed E-state index contributed by atoms with van der Waals surface area (Å²) in [6.45, 7) is 0. The smallest absolute Gasteiger partial charge is 0.156 e. The van der Waals surface area contributed by atoms with Crippen molar-refractivity contribution in [2.45, 2.75) is 44.1 Å². The zero-order valence-electron chi connectivity index (χ0n) is 8.68. The van der Waals surface area contributed by atoms with Crippen molar-refractivity contribution in [3.63, 3.8) is 0 Å². The van der Waals surface area contributed by atoms with E-state index in [2.05, 4.69) is 19.0 Å².